The van der Waals surface area contributed by atoms with E-state index >= 15 is 0 Å². The first-order chi connectivity index (χ1) is 9.26. The SMILES string of the molecule is C#CCNC(=NCCOc1ccc(Cl)cc1)NCC.I. The second-order valence-electron chi connectivity index (χ2n) is 3.62. The molecule has 1 rings (SSSR count). The number of terminal acetylenes is 1. The normalized spacial score (nSPS) is 10.2. The number of benzene rings is 1. The van der Waals surface area contributed by atoms with Gasteiger partial charge in [-0.2, -0.15) is 0 Å². The summed E-state index contributed by atoms with van der Waals surface area (Å²) in [5, 5.41) is 6.79. The molecule has 0 saturated heterocycles. The second kappa shape index (κ2) is 11.7. The molecule has 0 spiro atoms. The number of aliphatic imine (C=N–C) groups is 1. The molecule has 1 aromatic rings. The highest BCUT2D eigenvalue weighted by Crippen LogP contribution is 2.15. The molecule has 0 heterocycles. The van der Waals surface area contributed by atoms with Crippen LogP contribution >= 0.6 is 35.6 Å². The number of nitrogens with one attached hydrogen (secondary N) is 2. The number of hydrogen-bond donors (Lipinski definition) is 2. The van der Waals surface area contributed by atoms with Crippen LogP contribution in [0.3, 0.4) is 0 Å². The van der Waals surface area contributed by atoms with Crippen molar-refractivity contribution in [2.75, 3.05) is 26.2 Å². The van der Waals surface area contributed by atoms with E-state index in [1.54, 1.807) is 12.1 Å². The minimum atomic E-state index is 0. The Labute approximate surface area is 142 Å². The lowest BCUT2D eigenvalue weighted by Crippen LogP contribution is -2.37. The zero-order valence-electron chi connectivity index (χ0n) is 11.4. The van der Waals surface area contributed by atoms with Crippen molar-refractivity contribution in [3.8, 4) is 18.1 Å². The molecular weight excluding hydrogens is 389 g/mol. The Morgan fingerprint density at radius 1 is 1.35 bits per heavy atom. The maximum atomic E-state index is 5.79. The zero-order valence-corrected chi connectivity index (χ0v) is 14.4. The summed E-state index contributed by atoms with van der Waals surface area (Å²) in [6.07, 6.45) is 5.19. The Balaban J connectivity index is 0.00000361. The van der Waals surface area contributed by atoms with Crippen LogP contribution < -0.4 is 15.4 Å². The van der Waals surface area contributed by atoms with E-state index < -0.39 is 0 Å². The third kappa shape index (κ3) is 8.12. The van der Waals surface area contributed by atoms with Gasteiger partial charge in [-0.3, -0.25) is 0 Å². The van der Waals surface area contributed by atoms with E-state index in [1.165, 1.54) is 0 Å². The fraction of sp³-hybridized carbons (Fsp3) is 0.357. The number of hydrogen-bond acceptors (Lipinski definition) is 2. The summed E-state index contributed by atoms with van der Waals surface area (Å²) >= 11 is 5.79. The Hall–Kier alpha value is -1.13. The van der Waals surface area contributed by atoms with Gasteiger partial charge in [0, 0.05) is 11.6 Å². The predicted molar refractivity (Wildman–Crippen MR) is 95.2 cm³/mol. The van der Waals surface area contributed by atoms with Crippen LogP contribution in [-0.4, -0.2) is 32.2 Å². The fourth-order valence-corrected chi connectivity index (χ4v) is 1.45. The lowest BCUT2D eigenvalue weighted by Gasteiger charge is -2.09. The highest BCUT2D eigenvalue weighted by Gasteiger charge is 1.96. The van der Waals surface area contributed by atoms with Gasteiger partial charge in [0.05, 0.1) is 13.1 Å². The third-order valence-corrected chi connectivity index (χ3v) is 2.40. The van der Waals surface area contributed by atoms with Crippen LogP contribution in [0, 0.1) is 12.3 Å². The number of rotatable bonds is 6. The first-order valence-corrected chi connectivity index (χ1v) is 6.48. The van der Waals surface area contributed by atoms with E-state index in [0.29, 0.717) is 30.7 Å². The quantitative estimate of drug-likeness (QED) is 0.250. The highest BCUT2D eigenvalue weighted by atomic mass is 127. The summed E-state index contributed by atoms with van der Waals surface area (Å²) in [6.45, 7) is 4.27. The van der Waals surface area contributed by atoms with Gasteiger partial charge in [-0.05, 0) is 31.2 Å². The Bertz CT molecular complexity index is 443. The lowest BCUT2D eigenvalue weighted by molar-refractivity contribution is 0.328. The van der Waals surface area contributed by atoms with E-state index in [-0.39, 0.29) is 24.0 Å². The van der Waals surface area contributed by atoms with Gasteiger partial charge < -0.3 is 15.4 Å². The predicted octanol–water partition coefficient (Wildman–Crippen LogP) is 2.53. The topological polar surface area (TPSA) is 45.7 Å². The molecule has 20 heavy (non-hydrogen) atoms. The van der Waals surface area contributed by atoms with Gasteiger partial charge in [0.15, 0.2) is 5.96 Å². The summed E-state index contributed by atoms with van der Waals surface area (Å²) in [7, 11) is 0. The molecule has 6 heteroatoms. The van der Waals surface area contributed by atoms with E-state index in [2.05, 4.69) is 21.5 Å². The van der Waals surface area contributed by atoms with Crippen LogP contribution in [0.5, 0.6) is 5.75 Å². The Kier molecular flexibility index (Phi) is 11.0. The average Bonchev–Trinajstić information content (AvgIpc) is 2.42. The second-order valence-corrected chi connectivity index (χ2v) is 4.06. The minimum Gasteiger partial charge on any atom is -0.492 e. The molecule has 0 fully saturated rings. The van der Waals surface area contributed by atoms with Crippen molar-refractivity contribution in [1.82, 2.24) is 10.6 Å². The lowest BCUT2D eigenvalue weighted by atomic mass is 10.3. The van der Waals surface area contributed by atoms with Crippen LogP contribution in [0.2, 0.25) is 5.02 Å². The van der Waals surface area contributed by atoms with Crippen molar-refractivity contribution < 1.29 is 4.74 Å². The summed E-state index contributed by atoms with van der Waals surface area (Å²) in [6, 6.07) is 7.24. The van der Waals surface area contributed by atoms with Crippen LogP contribution in [0.25, 0.3) is 0 Å². The monoisotopic (exact) mass is 407 g/mol. The molecule has 0 bridgehead atoms. The van der Waals surface area contributed by atoms with Crippen molar-refractivity contribution in [2.45, 2.75) is 6.92 Å². The molecule has 0 saturated carbocycles. The van der Waals surface area contributed by atoms with Gasteiger partial charge in [-0.25, -0.2) is 4.99 Å². The molecule has 0 atom stereocenters. The van der Waals surface area contributed by atoms with E-state index in [0.717, 1.165) is 12.3 Å². The van der Waals surface area contributed by atoms with Crippen molar-refractivity contribution in [3.63, 3.8) is 0 Å². The largest absolute Gasteiger partial charge is 0.492 e. The maximum absolute atomic E-state index is 5.79. The van der Waals surface area contributed by atoms with Gasteiger partial charge >= 0.3 is 0 Å². The van der Waals surface area contributed by atoms with Crippen molar-refractivity contribution >= 4 is 41.5 Å². The number of nitrogens with zero attached hydrogens (tertiary/aromatic N) is 1. The van der Waals surface area contributed by atoms with Crippen molar-refractivity contribution in [2.24, 2.45) is 4.99 Å². The molecule has 0 unspecified atom stereocenters. The molecule has 4 nitrogen and oxygen atoms in total. The Morgan fingerprint density at radius 2 is 2.05 bits per heavy atom. The molecule has 0 radical (unpaired) electrons. The molecule has 0 aliphatic carbocycles. The summed E-state index contributed by atoms with van der Waals surface area (Å²) in [5.74, 6) is 3.98. The van der Waals surface area contributed by atoms with Crippen LogP contribution in [-0.2, 0) is 0 Å². The van der Waals surface area contributed by atoms with Crippen LogP contribution in [0.15, 0.2) is 29.3 Å². The van der Waals surface area contributed by atoms with E-state index in [9.17, 15) is 0 Å². The first kappa shape index (κ1) is 18.9. The maximum Gasteiger partial charge on any atom is 0.192 e. The fourth-order valence-electron chi connectivity index (χ4n) is 1.33. The third-order valence-electron chi connectivity index (χ3n) is 2.15. The van der Waals surface area contributed by atoms with Crippen LogP contribution in [0.1, 0.15) is 6.92 Å². The molecular formula is C14H19ClIN3O. The highest BCUT2D eigenvalue weighted by molar-refractivity contribution is 14.0. The van der Waals surface area contributed by atoms with E-state index in [4.69, 9.17) is 22.8 Å². The first-order valence-electron chi connectivity index (χ1n) is 6.10. The summed E-state index contributed by atoms with van der Waals surface area (Å²) in [4.78, 5) is 4.33. The molecule has 0 aromatic heterocycles. The minimum absolute atomic E-state index is 0. The van der Waals surface area contributed by atoms with E-state index in [1.807, 2.05) is 19.1 Å². The average molecular weight is 408 g/mol. The number of ether oxygens (including phenoxy) is 1. The van der Waals surface area contributed by atoms with Crippen LogP contribution in [0.4, 0.5) is 0 Å². The zero-order chi connectivity index (χ0) is 13.9. The molecule has 0 aliphatic heterocycles. The number of guanidine groups is 1. The smallest absolute Gasteiger partial charge is 0.192 e. The molecule has 0 aliphatic rings. The van der Waals surface area contributed by atoms with Gasteiger partial charge in [0.2, 0.25) is 0 Å². The molecule has 1 aromatic carbocycles. The van der Waals surface area contributed by atoms with Gasteiger partial charge in [-0.1, -0.05) is 17.5 Å². The molecule has 0 amide bonds. The van der Waals surface area contributed by atoms with Gasteiger partial charge in [0.25, 0.3) is 0 Å². The van der Waals surface area contributed by atoms with Crippen molar-refractivity contribution in [1.29, 1.82) is 0 Å². The van der Waals surface area contributed by atoms with Gasteiger partial charge in [0.1, 0.15) is 12.4 Å². The standard InChI is InChI=1S/C14H18ClN3O.HI/c1-3-9-17-14(16-4-2)18-10-11-19-13-7-5-12(15)6-8-13;/h1,5-8H,4,9-11H2,2H3,(H2,16,17,18);1H. The van der Waals surface area contributed by atoms with Crippen molar-refractivity contribution in [3.05, 3.63) is 29.3 Å². The molecule has 110 valence electrons. The summed E-state index contributed by atoms with van der Waals surface area (Å²) < 4.78 is 5.53. The molecule has 2 N–H and O–H groups in total. The summed E-state index contributed by atoms with van der Waals surface area (Å²) in [5.41, 5.74) is 0. The Morgan fingerprint density at radius 3 is 2.65 bits per heavy atom. The number of halogens is 2. The van der Waals surface area contributed by atoms with Gasteiger partial charge in [-0.15, -0.1) is 30.4 Å².